The van der Waals surface area contributed by atoms with Crippen LogP contribution in [0, 0.1) is 17.0 Å². The summed E-state index contributed by atoms with van der Waals surface area (Å²) in [6.45, 7) is 2.92. The van der Waals surface area contributed by atoms with Crippen LogP contribution in [0.4, 0.5) is 5.69 Å². The second kappa shape index (κ2) is 8.16. The third-order valence-corrected chi connectivity index (χ3v) is 6.36. The highest BCUT2D eigenvalue weighted by Crippen LogP contribution is 2.33. The Balaban J connectivity index is 1.38. The minimum absolute atomic E-state index is 0.0402. The Morgan fingerprint density at radius 1 is 1.34 bits per heavy atom. The first kappa shape index (κ1) is 19.3. The molecule has 2 heterocycles. The smallest absolute Gasteiger partial charge is 0.272 e. The summed E-state index contributed by atoms with van der Waals surface area (Å²) >= 11 is 1.70. The van der Waals surface area contributed by atoms with Crippen molar-refractivity contribution >= 4 is 33.1 Å². The van der Waals surface area contributed by atoms with Crippen LogP contribution in [0.1, 0.15) is 29.3 Å². The average molecular weight is 411 g/mol. The number of fused-ring (bicyclic) bond motifs is 1. The van der Waals surface area contributed by atoms with Gasteiger partial charge in [-0.15, -0.1) is 11.3 Å². The fraction of sp³-hybridized carbons (Fsp3) is 0.333. The van der Waals surface area contributed by atoms with Gasteiger partial charge in [0, 0.05) is 30.6 Å². The van der Waals surface area contributed by atoms with E-state index in [2.05, 4.69) is 6.07 Å². The molecule has 1 atom stereocenters. The van der Waals surface area contributed by atoms with E-state index in [9.17, 15) is 14.9 Å². The van der Waals surface area contributed by atoms with Gasteiger partial charge in [-0.25, -0.2) is 4.98 Å². The van der Waals surface area contributed by atoms with Gasteiger partial charge in [-0.1, -0.05) is 12.1 Å². The Morgan fingerprint density at radius 3 is 2.93 bits per heavy atom. The molecule has 1 saturated heterocycles. The summed E-state index contributed by atoms with van der Waals surface area (Å²) in [4.78, 5) is 29.7. The number of nitrogens with zero attached hydrogens (tertiary/aromatic N) is 3. The molecule has 2 aromatic carbocycles. The van der Waals surface area contributed by atoms with Crippen molar-refractivity contribution in [3.63, 3.8) is 0 Å². The predicted molar refractivity (Wildman–Crippen MR) is 112 cm³/mol. The maximum absolute atomic E-state index is 12.7. The van der Waals surface area contributed by atoms with Crippen molar-refractivity contribution in [2.75, 3.05) is 19.7 Å². The van der Waals surface area contributed by atoms with E-state index in [-0.39, 0.29) is 24.1 Å². The van der Waals surface area contributed by atoms with Gasteiger partial charge in [0.2, 0.25) is 0 Å². The zero-order valence-corrected chi connectivity index (χ0v) is 16.9. The number of carbonyl (C=O) groups excluding carboxylic acids is 1. The van der Waals surface area contributed by atoms with Crippen molar-refractivity contribution < 1.29 is 14.5 Å². The monoisotopic (exact) mass is 411 g/mol. The van der Waals surface area contributed by atoms with E-state index in [1.165, 1.54) is 16.8 Å². The number of nitro groups is 1. The lowest BCUT2D eigenvalue weighted by atomic mass is 9.99. The molecule has 4 rings (SSSR count). The number of para-hydroxylation sites is 1. The molecule has 0 bridgehead atoms. The van der Waals surface area contributed by atoms with Gasteiger partial charge in [0.1, 0.15) is 5.75 Å². The zero-order chi connectivity index (χ0) is 20.4. The Hall–Kier alpha value is -3.00. The molecule has 1 aliphatic rings. The normalized spacial score (nSPS) is 16.7. The topological polar surface area (TPSA) is 85.6 Å². The first-order valence-electron chi connectivity index (χ1n) is 9.52. The van der Waals surface area contributed by atoms with Crippen LogP contribution in [0.2, 0.25) is 0 Å². The van der Waals surface area contributed by atoms with Crippen molar-refractivity contribution in [3.05, 3.63) is 63.1 Å². The van der Waals surface area contributed by atoms with Gasteiger partial charge in [0.15, 0.2) is 6.61 Å². The highest BCUT2D eigenvalue weighted by Gasteiger charge is 2.27. The number of thiazole rings is 1. The van der Waals surface area contributed by atoms with Crippen LogP contribution in [-0.2, 0) is 4.79 Å². The number of benzene rings is 2. The van der Waals surface area contributed by atoms with E-state index in [4.69, 9.17) is 9.72 Å². The Labute approximate surface area is 172 Å². The lowest BCUT2D eigenvalue weighted by Crippen LogP contribution is -2.41. The molecule has 0 spiro atoms. The van der Waals surface area contributed by atoms with Gasteiger partial charge in [0.25, 0.3) is 11.6 Å². The van der Waals surface area contributed by atoms with E-state index in [1.807, 2.05) is 23.1 Å². The summed E-state index contributed by atoms with van der Waals surface area (Å²) in [5, 5.41) is 12.0. The summed E-state index contributed by atoms with van der Waals surface area (Å²) in [5.41, 5.74) is 1.56. The van der Waals surface area contributed by atoms with E-state index >= 15 is 0 Å². The van der Waals surface area contributed by atoms with Gasteiger partial charge in [-0.2, -0.15) is 0 Å². The molecule has 150 valence electrons. The quantitative estimate of drug-likeness (QED) is 0.462. The number of likely N-dealkylation sites (tertiary alicyclic amines) is 1. The minimum Gasteiger partial charge on any atom is -0.484 e. The van der Waals surface area contributed by atoms with Crippen LogP contribution in [-0.4, -0.2) is 40.4 Å². The van der Waals surface area contributed by atoms with E-state index in [0.717, 1.165) is 23.4 Å². The number of piperidine rings is 1. The van der Waals surface area contributed by atoms with Crippen LogP contribution in [0.25, 0.3) is 10.2 Å². The maximum Gasteiger partial charge on any atom is 0.272 e. The number of hydrogen-bond acceptors (Lipinski definition) is 6. The van der Waals surface area contributed by atoms with Crippen LogP contribution < -0.4 is 4.74 Å². The van der Waals surface area contributed by atoms with Crippen molar-refractivity contribution in [2.24, 2.45) is 0 Å². The molecule has 0 N–H and O–H groups in total. The number of ether oxygens (including phenoxy) is 1. The number of hydrogen-bond donors (Lipinski definition) is 0. The largest absolute Gasteiger partial charge is 0.484 e. The van der Waals surface area contributed by atoms with E-state index in [0.29, 0.717) is 24.4 Å². The molecule has 1 amide bonds. The number of aromatic nitrogens is 1. The van der Waals surface area contributed by atoms with Crippen LogP contribution in [0.5, 0.6) is 5.75 Å². The van der Waals surface area contributed by atoms with Crippen molar-refractivity contribution in [1.29, 1.82) is 0 Å². The van der Waals surface area contributed by atoms with E-state index in [1.54, 1.807) is 24.3 Å². The number of rotatable bonds is 5. The standard InChI is InChI=1S/C21H21N3O4S/c1-14-11-16(8-9-18(14)24(26)27)28-13-20(25)23-10-4-5-15(12-23)21-22-17-6-2-3-7-19(17)29-21/h2-3,6-9,11,15H,4-5,10,12-13H2,1H3/t15-/m1/s1. The molecule has 0 radical (unpaired) electrons. The van der Waals surface area contributed by atoms with Gasteiger partial charge >= 0.3 is 0 Å². The molecule has 3 aromatic rings. The summed E-state index contributed by atoms with van der Waals surface area (Å²) in [6, 6.07) is 12.6. The van der Waals surface area contributed by atoms with Crippen LogP contribution in [0.3, 0.4) is 0 Å². The minimum atomic E-state index is -0.430. The molecular weight excluding hydrogens is 390 g/mol. The third kappa shape index (κ3) is 4.22. The summed E-state index contributed by atoms with van der Waals surface area (Å²) in [7, 11) is 0. The molecule has 1 aromatic heterocycles. The number of aryl methyl sites for hydroxylation is 1. The predicted octanol–water partition coefficient (Wildman–Crippen LogP) is 4.30. The fourth-order valence-corrected chi connectivity index (χ4v) is 4.72. The van der Waals surface area contributed by atoms with Gasteiger partial charge in [0.05, 0.1) is 20.1 Å². The molecule has 1 aliphatic heterocycles. The Kier molecular flexibility index (Phi) is 5.44. The fourth-order valence-electron chi connectivity index (χ4n) is 3.63. The maximum atomic E-state index is 12.7. The lowest BCUT2D eigenvalue weighted by molar-refractivity contribution is -0.385. The average Bonchev–Trinajstić information content (AvgIpc) is 3.16. The first-order valence-corrected chi connectivity index (χ1v) is 10.3. The van der Waals surface area contributed by atoms with Gasteiger partial charge in [-0.3, -0.25) is 14.9 Å². The number of carbonyl (C=O) groups is 1. The molecule has 7 nitrogen and oxygen atoms in total. The lowest BCUT2D eigenvalue weighted by Gasteiger charge is -2.31. The Morgan fingerprint density at radius 2 is 2.17 bits per heavy atom. The van der Waals surface area contributed by atoms with Gasteiger partial charge < -0.3 is 9.64 Å². The molecule has 29 heavy (non-hydrogen) atoms. The molecule has 0 saturated carbocycles. The number of amides is 1. The highest BCUT2D eigenvalue weighted by molar-refractivity contribution is 7.18. The van der Waals surface area contributed by atoms with Gasteiger partial charge in [-0.05, 0) is 44.0 Å². The molecule has 0 unspecified atom stereocenters. The second-order valence-electron chi connectivity index (χ2n) is 7.19. The molecular formula is C21H21N3O4S. The second-order valence-corrected chi connectivity index (χ2v) is 8.26. The highest BCUT2D eigenvalue weighted by atomic mass is 32.1. The van der Waals surface area contributed by atoms with Crippen LogP contribution >= 0.6 is 11.3 Å². The van der Waals surface area contributed by atoms with Crippen LogP contribution in [0.15, 0.2) is 42.5 Å². The summed E-state index contributed by atoms with van der Waals surface area (Å²) in [6.07, 6.45) is 1.95. The number of nitro benzene ring substituents is 1. The van der Waals surface area contributed by atoms with E-state index < -0.39 is 4.92 Å². The Bertz CT molecular complexity index is 1030. The molecule has 8 heteroatoms. The van der Waals surface area contributed by atoms with Crippen molar-refractivity contribution in [1.82, 2.24) is 9.88 Å². The molecule has 0 aliphatic carbocycles. The molecule has 1 fully saturated rings. The summed E-state index contributed by atoms with van der Waals surface area (Å²) < 4.78 is 6.77. The summed E-state index contributed by atoms with van der Waals surface area (Å²) in [5.74, 6) is 0.625. The third-order valence-electron chi connectivity index (χ3n) is 5.16. The van der Waals surface area contributed by atoms with Crippen molar-refractivity contribution in [3.8, 4) is 5.75 Å². The first-order chi connectivity index (χ1) is 14.0. The van der Waals surface area contributed by atoms with Crippen molar-refractivity contribution in [2.45, 2.75) is 25.7 Å². The zero-order valence-electron chi connectivity index (χ0n) is 16.0. The SMILES string of the molecule is Cc1cc(OCC(=O)N2CCC[C@@H](c3nc4ccccc4s3)C2)ccc1[N+](=O)[O-].